The molecule has 7 rings (SSSR count). The number of rotatable bonds is 8. The number of hydrogen-bond donors (Lipinski definition) is 0. The highest BCUT2D eigenvalue weighted by atomic mass is 35.5. The molecule has 0 N–H and O–H groups in total. The van der Waals surface area contributed by atoms with Crippen molar-refractivity contribution in [3.63, 3.8) is 0 Å². The lowest BCUT2D eigenvalue weighted by Gasteiger charge is -2.16. The smallest absolute Gasteiger partial charge is 0.170 e. The molecule has 0 bridgehead atoms. The van der Waals surface area contributed by atoms with Crippen molar-refractivity contribution in [2.45, 2.75) is 0 Å². The molecule has 0 atom stereocenters. The Morgan fingerprint density at radius 1 is 0.360 bits per heavy atom. The van der Waals surface area contributed by atoms with Crippen molar-refractivity contribution in [3.05, 3.63) is 154 Å². The van der Waals surface area contributed by atoms with Gasteiger partial charge in [-0.1, -0.05) is 77.8 Å². The standard InChI is InChI=1S/C41H21Cl2N3O4/c42-34-8-3-10-36(31(34)22-44)47-29-16-14-25-15-17-30(19-28(25)18-29)48-38-12-5-13-39(33(38)24-46)50-41-21-27-7-2-1-6-26(27)20-40(41)49-37-11-4-9-35(43)32(37)23-45/h1-21H. The van der Waals surface area contributed by atoms with E-state index in [4.69, 9.17) is 42.1 Å². The van der Waals surface area contributed by atoms with Crippen LogP contribution in [0.5, 0.6) is 46.0 Å². The van der Waals surface area contributed by atoms with E-state index in [0.717, 1.165) is 21.5 Å². The number of fused-ring (bicyclic) bond motifs is 2. The molecule has 0 saturated carbocycles. The summed E-state index contributed by atoms with van der Waals surface area (Å²) in [4.78, 5) is 0. The molecule has 0 aromatic heterocycles. The highest BCUT2D eigenvalue weighted by Crippen LogP contribution is 2.42. The van der Waals surface area contributed by atoms with E-state index in [-0.39, 0.29) is 39.0 Å². The Hall–Kier alpha value is -6.69. The van der Waals surface area contributed by atoms with Crippen LogP contribution in [0.3, 0.4) is 0 Å². The van der Waals surface area contributed by atoms with Gasteiger partial charge in [0.1, 0.15) is 69.4 Å². The molecule has 9 heteroatoms. The number of benzene rings is 7. The van der Waals surface area contributed by atoms with Crippen LogP contribution >= 0.6 is 23.2 Å². The van der Waals surface area contributed by atoms with Crippen molar-refractivity contribution < 1.29 is 18.9 Å². The minimum atomic E-state index is 0.161. The van der Waals surface area contributed by atoms with Gasteiger partial charge in [0.2, 0.25) is 0 Å². The third-order valence-corrected chi connectivity index (χ3v) is 8.39. The van der Waals surface area contributed by atoms with Crippen molar-refractivity contribution in [1.29, 1.82) is 15.8 Å². The van der Waals surface area contributed by atoms with Gasteiger partial charge in [0, 0.05) is 0 Å². The van der Waals surface area contributed by atoms with Crippen LogP contribution < -0.4 is 18.9 Å². The first-order valence-corrected chi connectivity index (χ1v) is 15.9. The van der Waals surface area contributed by atoms with Crippen LogP contribution in [0.4, 0.5) is 0 Å². The molecule has 0 fully saturated rings. The molecule has 238 valence electrons. The Balaban J connectivity index is 1.21. The minimum absolute atomic E-state index is 0.161. The molecule has 7 aromatic rings. The lowest BCUT2D eigenvalue weighted by atomic mass is 10.1. The van der Waals surface area contributed by atoms with Gasteiger partial charge < -0.3 is 18.9 Å². The van der Waals surface area contributed by atoms with E-state index in [2.05, 4.69) is 18.2 Å². The molecule has 0 saturated heterocycles. The van der Waals surface area contributed by atoms with Crippen LogP contribution in [0.25, 0.3) is 21.5 Å². The zero-order chi connectivity index (χ0) is 34.6. The van der Waals surface area contributed by atoms with Crippen molar-refractivity contribution in [2.24, 2.45) is 0 Å². The molecule has 7 nitrogen and oxygen atoms in total. The summed E-state index contributed by atoms with van der Waals surface area (Å²) in [5.41, 5.74) is 0.595. The lowest BCUT2D eigenvalue weighted by molar-refractivity contribution is 0.415. The van der Waals surface area contributed by atoms with Gasteiger partial charge >= 0.3 is 0 Å². The molecule has 0 unspecified atom stereocenters. The van der Waals surface area contributed by atoms with E-state index in [9.17, 15) is 15.8 Å². The summed E-state index contributed by atoms with van der Waals surface area (Å²) in [6, 6.07) is 43.8. The molecule has 0 heterocycles. The maximum atomic E-state index is 10.3. The molecule has 0 spiro atoms. The van der Waals surface area contributed by atoms with E-state index >= 15 is 0 Å². The van der Waals surface area contributed by atoms with Gasteiger partial charge in [-0.15, -0.1) is 0 Å². The fraction of sp³-hybridized carbons (Fsp3) is 0. The second-order valence-corrected chi connectivity index (χ2v) is 11.7. The average Bonchev–Trinajstić information content (AvgIpc) is 3.12. The predicted octanol–water partition coefficient (Wildman–Crippen LogP) is 12.1. The van der Waals surface area contributed by atoms with E-state index in [1.54, 1.807) is 72.8 Å². The molecular weight excluding hydrogens is 669 g/mol. The maximum absolute atomic E-state index is 10.3. The second kappa shape index (κ2) is 13.8. The van der Waals surface area contributed by atoms with Crippen LogP contribution in [0.1, 0.15) is 16.7 Å². The molecule has 0 aliphatic carbocycles. The van der Waals surface area contributed by atoms with Gasteiger partial charge in [0.15, 0.2) is 11.5 Å². The van der Waals surface area contributed by atoms with Crippen LogP contribution in [0, 0.1) is 34.0 Å². The summed E-state index contributed by atoms with van der Waals surface area (Å²) in [5.74, 6) is 2.75. The number of nitrogens with zero attached hydrogens (tertiary/aromatic N) is 3. The van der Waals surface area contributed by atoms with Gasteiger partial charge in [-0.05, 0) is 94.3 Å². The van der Waals surface area contributed by atoms with Crippen molar-refractivity contribution in [2.75, 3.05) is 0 Å². The Morgan fingerprint density at radius 3 is 1.26 bits per heavy atom. The SMILES string of the molecule is N#Cc1c(Cl)cccc1Oc1ccc2ccc(Oc3cccc(Oc4cc5ccccc5cc4Oc4cccc(Cl)c4C#N)c3C#N)cc2c1. The van der Waals surface area contributed by atoms with E-state index < -0.39 is 0 Å². The number of ether oxygens (including phenoxy) is 4. The summed E-state index contributed by atoms with van der Waals surface area (Å²) in [5, 5.41) is 33.6. The molecule has 0 aliphatic heterocycles. The summed E-state index contributed by atoms with van der Waals surface area (Å²) in [7, 11) is 0. The largest absolute Gasteiger partial charge is 0.456 e. The van der Waals surface area contributed by atoms with Crippen LogP contribution in [0.2, 0.25) is 10.0 Å². The van der Waals surface area contributed by atoms with Crippen molar-refractivity contribution in [1.82, 2.24) is 0 Å². The normalized spacial score (nSPS) is 10.5. The molecule has 0 aliphatic rings. The number of nitriles is 3. The first kappa shape index (κ1) is 31.9. The molecule has 0 radical (unpaired) electrons. The van der Waals surface area contributed by atoms with Gasteiger partial charge in [0.05, 0.1) is 10.0 Å². The third-order valence-electron chi connectivity index (χ3n) is 7.76. The van der Waals surface area contributed by atoms with Crippen molar-refractivity contribution >= 4 is 44.7 Å². The number of hydrogen-bond acceptors (Lipinski definition) is 7. The average molecular weight is 691 g/mol. The molecular formula is C41H21Cl2N3O4. The lowest BCUT2D eigenvalue weighted by Crippen LogP contribution is -1.96. The van der Waals surface area contributed by atoms with Gasteiger partial charge in [-0.3, -0.25) is 0 Å². The minimum Gasteiger partial charge on any atom is -0.456 e. The monoisotopic (exact) mass is 689 g/mol. The Kier molecular flexibility index (Phi) is 8.81. The molecule has 7 aromatic carbocycles. The van der Waals surface area contributed by atoms with E-state index in [0.29, 0.717) is 33.8 Å². The third kappa shape index (κ3) is 6.41. The van der Waals surface area contributed by atoms with Crippen molar-refractivity contribution in [3.8, 4) is 64.2 Å². The van der Waals surface area contributed by atoms with Crippen LogP contribution in [-0.4, -0.2) is 0 Å². The zero-order valence-corrected chi connectivity index (χ0v) is 27.4. The van der Waals surface area contributed by atoms with Crippen LogP contribution in [-0.2, 0) is 0 Å². The van der Waals surface area contributed by atoms with Gasteiger partial charge in [-0.2, -0.15) is 15.8 Å². The number of halogens is 2. The van der Waals surface area contributed by atoms with Gasteiger partial charge in [0.25, 0.3) is 0 Å². The fourth-order valence-corrected chi connectivity index (χ4v) is 5.78. The quantitative estimate of drug-likeness (QED) is 0.156. The predicted molar refractivity (Wildman–Crippen MR) is 192 cm³/mol. The summed E-state index contributed by atoms with van der Waals surface area (Å²) >= 11 is 12.4. The Bertz CT molecular complexity index is 2580. The summed E-state index contributed by atoms with van der Waals surface area (Å²) in [6.45, 7) is 0. The highest BCUT2D eigenvalue weighted by Gasteiger charge is 2.18. The van der Waals surface area contributed by atoms with Gasteiger partial charge in [-0.25, -0.2) is 0 Å². The summed E-state index contributed by atoms with van der Waals surface area (Å²) in [6.07, 6.45) is 0. The second-order valence-electron chi connectivity index (χ2n) is 10.9. The zero-order valence-electron chi connectivity index (χ0n) is 25.9. The molecule has 50 heavy (non-hydrogen) atoms. The van der Waals surface area contributed by atoms with Crippen LogP contribution in [0.15, 0.2) is 127 Å². The summed E-state index contributed by atoms with van der Waals surface area (Å²) < 4.78 is 24.9. The first-order valence-electron chi connectivity index (χ1n) is 15.1. The Labute approximate surface area is 296 Å². The fourth-order valence-electron chi connectivity index (χ4n) is 5.37. The maximum Gasteiger partial charge on any atom is 0.170 e. The van der Waals surface area contributed by atoms with E-state index in [1.807, 2.05) is 54.6 Å². The molecule has 0 amide bonds. The topological polar surface area (TPSA) is 108 Å². The highest BCUT2D eigenvalue weighted by molar-refractivity contribution is 6.32. The van der Waals surface area contributed by atoms with E-state index in [1.165, 1.54) is 0 Å². The first-order chi connectivity index (χ1) is 24.4. The Morgan fingerprint density at radius 2 is 0.780 bits per heavy atom.